The summed E-state index contributed by atoms with van der Waals surface area (Å²) in [4.78, 5) is 23.8. The van der Waals surface area contributed by atoms with Crippen molar-refractivity contribution >= 4 is 18.0 Å². The van der Waals surface area contributed by atoms with Crippen molar-refractivity contribution in [2.24, 2.45) is 5.92 Å². The number of rotatable bonds is 5. The molecule has 0 aliphatic heterocycles. The van der Waals surface area contributed by atoms with Crippen molar-refractivity contribution in [2.45, 2.75) is 51.7 Å². The fourth-order valence-corrected chi connectivity index (χ4v) is 2.63. The number of esters is 1. The van der Waals surface area contributed by atoms with Gasteiger partial charge in [0.1, 0.15) is 5.76 Å². The van der Waals surface area contributed by atoms with Gasteiger partial charge in [-0.3, -0.25) is 4.79 Å². The molecule has 1 amide bonds. The molecule has 1 heterocycles. The van der Waals surface area contributed by atoms with Crippen LogP contribution in [0.25, 0.3) is 6.08 Å². The Kier molecular flexibility index (Phi) is 5.81. The molecule has 1 aromatic heterocycles. The molecule has 0 saturated heterocycles. The summed E-state index contributed by atoms with van der Waals surface area (Å²) in [6.07, 6.45) is 7.96. The van der Waals surface area contributed by atoms with Crippen molar-refractivity contribution in [2.75, 3.05) is 0 Å². The molecule has 1 saturated carbocycles. The number of nitrogens with one attached hydrogen (secondary N) is 1. The van der Waals surface area contributed by atoms with E-state index in [4.69, 9.17) is 9.15 Å². The molecule has 2 rings (SSSR count). The molecule has 0 spiro atoms. The Labute approximate surface area is 130 Å². The summed E-state index contributed by atoms with van der Waals surface area (Å²) in [5, 5.41) is 2.98. The molecular formula is C17H23NO4. The van der Waals surface area contributed by atoms with E-state index in [2.05, 4.69) is 12.2 Å². The lowest BCUT2D eigenvalue weighted by Crippen LogP contribution is -2.45. The number of ether oxygens (including phenoxy) is 1. The summed E-state index contributed by atoms with van der Waals surface area (Å²) in [6.45, 7) is 3.73. The molecule has 0 aromatic carbocycles. The Morgan fingerprint density at radius 3 is 2.86 bits per heavy atom. The van der Waals surface area contributed by atoms with E-state index in [0.29, 0.717) is 11.7 Å². The van der Waals surface area contributed by atoms with E-state index in [0.717, 1.165) is 19.3 Å². The molecule has 1 N–H and O–H groups in total. The molecule has 22 heavy (non-hydrogen) atoms. The maximum absolute atomic E-state index is 12.1. The molecule has 0 bridgehead atoms. The lowest BCUT2D eigenvalue weighted by Gasteiger charge is -2.30. The van der Waals surface area contributed by atoms with Crippen LogP contribution >= 0.6 is 0 Å². The molecule has 5 nitrogen and oxygen atoms in total. The minimum atomic E-state index is -0.803. The average Bonchev–Trinajstić information content (AvgIpc) is 3.00. The first-order valence-corrected chi connectivity index (χ1v) is 7.79. The van der Waals surface area contributed by atoms with Crippen LogP contribution in [0, 0.1) is 5.92 Å². The second-order valence-electron chi connectivity index (χ2n) is 5.80. The number of furan rings is 1. The van der Waals surface area contributed by atoms with Crippen LogP contribution in [0.2, 0.25) is 0 Å². The number of carbonyl (C=O) groups excluding carboxylic acids is 2. The third-order valence-electron chi connectivity index (χ3n) is 4.03. The molecule has 3 atom stereocenters. The van der Waals surface area contributed by atoms with Gasteiger partial charge >= 0.3 is 5.97 Å². The second kappa shape index (κ2) is 7.82. The maximum Gasteiger partial charge on any atom is 0.331 e. The van der Waals surface area contributed by atoms with Gasteiger partial charge in [-0.25, -0.2) is 4.79 Å². The van der Waals surface area contributed by atoms with Crippen LogP contribution < -0.4 is 5.32 Å². The number of hydrogen-bond donors (Lipinski definition) is 1. The third kappa shape index (κ3) is 4.76. The van der Waals surface area contributed by atoms with Crippen LogP contribution in [0.15, 0.2) is 28.9 Å². The molecule has 1 fully saturated rings. The smallest absolute Gasteiger partial charge is 0.331 e. The number of amides is 1. The summed E-state index contributed by atoms with van der Waals surface area (Å²) >= 11 is 0. The first-order chi connectivity index (χ1) is 10.6. The quantitative estimate of drug-likeness (QED) is 0.671. The Bertz CT molecular complexity index is 521. The van der Waals surface area contributed by atoms with Gasteiger partial charge in [0.25, 0.3) is 5.91 Å². The number of hydrogen-bond acceptors (Lipinski definition) is 4. The van der Waals surface area contributed by atoms with Crippen molar-refractivity contribution in [1.82, 2.24) is 5.32 Å². The van der Waals surface area contributed by atoms with Gasteiger partial charge in [-0.05, 0) is 43.9 Å². The zero-order valence-corrected chi connectivity index (χ0v) is 13.1. The van der Waals surface area contributed by atoms with E-state index in [1.54, 1.807) is 19.1 Å². The van der Waals surface area contributed by atoms with Crippen LogP contribution in [0.3, 0.4) is 0 Å². The van der Waals surface area contributed by atoms with E-state index in [-0.39, 0.29) is 11.9 Å². The van der Waals surface area contributed by atoms with Crippen LogP contribution in [0.1, 0.15) is 45.3 Å². The molecule has 0 radical (unpaired) electrons. The summed E-state index contributed by atoms with van der Waals surface area (Å²) in [5.74, 6) is 0.235. The fourth-order valence-electron chi connectivity index (χ4n) is 2.63. The normalized spacial score (nSPS) is 23.2. The summed E-state index contributed by atoms with van der Waals surface area (Å²) in [5.41, 5.74) is 0. The fraction of sp³-hybridized carbons (Fsp3) is 0.529. The van der Waals surface area contributed by atoms with Gasteiger partial charge in [0.15, 0.2) is 6.10 Å². The van der Waals surface area contributed by atoms with Gasteiger partial charge in [0.2, 0.25) is 0 Å². The second-order valence-corrected chi connectivity index (χ2v) is 5.80. The zero-order chi connectivity index (χ0) is 15.9. The molecule has 120 valence electrons. The van der Waals surface area contributed by atoms with Crippen molar-refractivity contribution in [1.29, 1.82) is 0 Å². The van der Waals surface area contributed by atoms with Crippen LogP contribution in [-0.4, -0.2) is 24.0 Å². The first-order valence-electron chi connectivity index (χ1n) is 7.79. The van der Waals surface area contributed by atoms with Gasteiger partial charge < -0.3 is 14.5 Å². The highest BCUT2D eigenvalue weighted by Gasteiger charge is 2.25. The highest BCUT2D eigenvalue weighted by Crippen LogP contribution is 2.23. The predicted octanol–water partition coefficient (Wildman–Crippen LogP) is 2.92. The highest BCUT2D eigenvalue weighted by molar-refractivity contribution is 5.90. The van der Waals surface area contributed by atoms with E-state index in [9.17, 15) is 9.59 Å². The zero-order valence-electron chi connectivity index (χ0n) is 13.1. The molecular weight excluding hydrogens is 282 g/mol. The van der Waals surface area contributed by atoms with Gasteiger partial charge in [0, 0.05) is 12.1 Å². The van der Waals surface area contributed by atoms with Crippen LogP contribution in [0.4, 0.5) is 0 Å². The minimum Gasteiger partial charge on any atom is -0.465 e. The van der Waals surface area contributed by atoms with Gasteiger partial charge in [-0.1, -0.05) is 19.8 Å². The largest absolute Gasteiger partial charge is 0.465 e. The SMILES string of the molecule is C[C@H](OC(=O)/C=C/c1ccco1)C(=O)N[C@@H]1CCCC[C@@H]1C. The first kappa shape index (κ1) is 16.3. The van der Waals surface area contributed by atoms with E-state index in [1.165, 1.54) is 24.8 Å². The summed E-state index contributed by atoms with van der Waals surface area (Å²) in [7, 11) is 0. The van der Waals surface area contributed by atoms with Gasteiger partial charge in [-0.2, -0.15) is 0 Å². The molecule has 0 unspecified atom stereocenters. The average molecular weight is 305 g/mol. The third-order valence-corrected chi connectivity index (χ3v) is 4.03. The summed E-state index contributed by atoms with van der Waals surface area (Å²) in [6, 6.07) is 3.64. The molecule has 5 heteroatoms. The highest BCUT2D eigenvalue weighted by atomic mass is 16.5. The van der Waals surface area contributed by atoms with Crippen LogP contribution in [0.5, 0.6) is 0 Å². The van der Waals surface area contributed by atoms with E-state index < -0.39 is 12.1 Å². The van der Waals surface area contributed by atoms with E-state index in [1.807, 2.05) is 0 Å². The Balaban J connectivity index is 1.79. The number of carbonyl (C=O) groups is 2. The summed E-state index contributed by atoms with van der Waals surface area (Å²) < 4.78 is 10.2. The molecule has 1 aromatic rings. The predicted molar refractivity (Wildman–Crippen MR) is 82.9 cm³/mol. The van der Waals surface area contributed by atoms with Crippen molar-refractivity contribution in [3.05, 3.63) is 30.2 Å². The monoisotopic (exact) mass is 305 g/mol. The Morgan fingerprint density at radius 1 is 1.41 bits per heavy atom. The van der Waals surface area contributed by atoms with Crippen molar-refractivity contribution in [3.8, 4) is 0 Å². The van der Waals surface area contributed by atoms with Crippen molar-refractivity contribution in [3.63, 3.8) is 0 Å². The van der Waals surface area contributed by atoms with Gasteiger partial charge in [0.05, 0.1) is 6.26 Å². The Morgan fingerprint density at radius 2 is 2.18 bits per heavy atom. The maximum atomic E-state index is 12.1. The van der Waals surface area contributed by atoms with Crippen molar-refractivity contribution < 1.29 is 18.7 Å². The molecule has 1 aliphatic rings. The lowest BCUT2D eigenvalue weighted by atomic mass is 9.86. The van der Waals surface area contributed by atoms with Gasteiger partial charge in [-0.15, -0.1) is 0 Å². The Hall–Kier alpha value is -2.04. The van der Waals surface area contributed by atoms with Crippen LogP contribution in [-0.2, 0) is 14.3 Å². The minimum absolute atomic E-state index is 0.182. The standard InChI is InChI=1S/C17H23NO4/c1-12-6-3-4-8-15(12)18-17(20)13(2)22-16(19)10-9-14-7-5-11-21-14/h5,7,9-13,15H,3-4,6,8H2,1-2H3,(H,18,20)/b10-9+/t12-,13-,15+/m0/s1. The topological polar surface area (TPSA) is 68.5 Å². The molecule has 1 aliphatic carbocycles. The van der Waals surface area contributed by atoms with E-state index >= 15 is 0 Å². The lowest BCUT2D eigenvalue weighted by molar-refractivity contribution is -0.150.